The van der Waals surface area contributed by atoms with Gasteiger partial charge in [-0.25, -0.2) is 8.78 Å². The van der Waals surface area contributed by atoms with Crippen LogP contribution in [0.5, 0.6) is 5.75 Å². The highest BCUT2D eigenvalue weighted by Crippen LogP contribution is 2.34. The third-order valence-corrected chi connectivity index (χ3v) is 4.30. The van der Waals surface area contributed by atoms with E-state index in [1.807, 2.05) is 0 Å². The van der Waals surface area contributed by atoms with Gasteiger partial charge in [-0.15, -0.1) is 0 Å². The number of fused-ring (bicyclic) bond motifs is 1. The molecule has 0 amide bonds. The quantitative estimate of drug-likeness (QED) is 0.545. The Labute approximate surface area is 152 Å². The van der Waals surface area contributed by atoms with Crippen LogP contribution in [0.25, 0.3) is 33.4 Å². The van der Waals surface area contributed by atoms with Gasteiger partial charge in [0, 0.05) is 10.9 Å². The average Bonchev–Trinajstić information content (AvgIpc) is 3.10. The number of hydrogen-bond donors (Lipinski definition) is 1. The van der Waals surface area contributed by atoms with E-state index in [0.717, 1.165) is 0 Å². The topological polar surface area (TPSA) is 67.9 Å². The van der Waals surface area contributed by atoms with Crippen LogP contribution in [-0.2, 0) is 0 Å². The number of halogens is 2. The van der Waals surface area contributed by atoms with Crippen molar-refractivity contribution in [3.05, 3.63) is 65.9 Å². The third-order valence-electron chi connectivity index (χ3n) is 4.30. The van der Waals surface area contributed by atoms with E-state index in [9.17, 15) is 13.6 Å². The molecule has 0 aliphatic heterocycles. The number of nitrogens with one attached hydrogen (secondary N) is 1. The van der Waals surface area contributed by atoms with Gasteiger partial charge in [0.05, 0.1) is 35.6 Å². The summed E-state index contributed by atoms with van der Waals surface area (Å²) in [5.74, 6) is -0.746. The van der Waals surface area contributed by atoms with Crippen LogP contribution in [0.3, 0.4) is 0 Å². The van der Waals surface area contributed by atoms with Gasteiger partial charge in [-0.05, 0) is 30.3 Å². The molecule has 0 saturated heterocycles. The van der Waals surface area contributed by atoms with Crippen molar-refractivity contribution in [3.63, 3.8) is 0 Å². The second-order valence-corrected chi connectivity index (χ2v) is 5.86. The molecule has 2 aromatic carbocycles. The number of aldehydes is 1. The first-order chi connectivity index (χ1) is 13.1. The molecular weight excluding hydrogens is 352 g/mol. The minimum Gasteiger partial charge on any atom is -0.496 e. The predicted molar refractivity (Wildman–Crippen MR) is 96.6 cm³/mol. The first-order valence-electron chi connectivity index (χ1n) is 8.04. The maximum atomic E-state index is 14.4. The van der Waals surface area contributed by atoms with Gasteiger partial charge in [0.15, 0.2) is 6.29 Å². The zero-order valence-corrected chi connectivity index (χ0v) is 14.2. The van der Waals surface area contributed by atoms with Gasteiger partial charge in [0.2, 0.25) is 0 Å². The van der Waals surface area contributed by atoms with Crippen molar-refractivity contribution in [2.24, 2.45) is 0 Å². The molecule has 5 nitrogen and oxygen atoms in total. The fraction of sp³-hybridized carbons (Fsp3) is 0.0500. The molecule has 0 bridgehead atoms. The zero-order valence-electron chi connectivity index (χ0n) is 14.2. The van der Waals surface area contributed by atoms with Crippen molar-refractivity contribution in [1.29, 1.82) is 0 Å². The smallest absolute Gasteiger partial charge is 0.152 e. The number of hydrogen-bond acceptors (Lipinski definition) is 4. The van der Waals surface area contributed by atoms with Crippen molar-refractivity contribution in [1.82, 2.24) is 15.2 Å². The number of methoxy groups -OCH3 is 1. The molecule has 0 fully saturated rings. The molecule has 4 aromatic rings. The second-order valence-electron chi connectivity index (χ2n) is 5.86. The van der Waals surface area contributed by atoms with Gasteiger partial charge in [0.25, 0.3) is 0 Å². The number of aromatic nitrogens is 3. The van der Waals surface area contributed by atoms with Gasteiger partial charge in [-0.2, -0.15) is 5.10 Å². The number of carbonyl (C=O) groups excluding carboxylic acids is 1. The van der Waals surface area contributed by atoms with Crippen molar-refractivity contribution in [2.75, 3.05) is 7.11 Å². The molecule has 0 atom stereocenters. The number of H-pyrrole nitrogens is 1. The molecule has 0 radical (unpaired) electrons. The van der Waals surface area contributed by atoms with E-state index in [1.54, 1.807) is 24.3 Å². The number of rotatable bonds is 4. The summed E-state index contributed by atoms with van der Waals surface area (Å²) in [5, 5.41) is 7.69. The molecule has 0 spiro atoms. The number of benzene rings is 2. The number of aromatic amines is 1. The molecule has 7 heteroatoms. The molecule has 1 N–H and O–H groups in total. The van der Waals surface area contributed by atoms with E-state index < -0.39 is 11.6 Å². The van der Waals surface area contributed by atoms with Crippen molar-refractivity contribution < 1.29 is 18.3 Å². The molecular formula is C20H13F2N3O2. The van der Waals surface area contributed by atoms with E-state index in [2.05, 4.69) is 15.2 Å². The molecule has 2 aromatic heterocycles. The molecule has 4 rings (SSSR count). The lowest BCUT2D eigenvalue weighted by Crippen LogP contribution is -1.93. The number of pyridine rings is 1. The summed E-state index contributed by atoms with van der Waals surface area (Å²) in [6, 6.07) is 10.4. The first kappa shape index (κ1) is 16.8. The van der Waals surface area contributed by atoms with E-state index in [-0.39, 0.29) is 11.1 Å². The summed E-state index contributed by atoms with van der Waals surface area (Å²) in [6.07, 6.45) is 1.98. The molecule has 27 heavy (non-hydrogen) atoms. The van der Waals surface area contributed by atoms with E-state index in [4.69, 9.17) is 4.74 Å². The summed E-state index contributed by atoms with van der Waals surface area (Å²) in [6.45, 7) is 0. The summed E-state index contributed by atoms with van der Waals surface area (Å²) in [7, 11) is 1.46. The summed E-state index contributed by atoms with van der Waals surface area (Å²) in [4.78, 5) is 15.1. The summed E-state index contributed by atoms with van der Waals surface area (Å²) >= 11 is 0. The van der Waals surface area contributed by atoms with Crippen LogP contribution in [-0.4, -0.2) is 28.6 Å². The molecule has 2 heterocycles. The lowest BCUT2D eigenvalue weighted by Gasteiger charge is -2.09. The number of ether oxygens (including phenoxy) is 1. The Bertz CT molecular complexity index is 1170. The van der Waals surface area contributed by atoms with Crippen LogP contribution in [0.4, 0.5) is 8.78 Å². The van der Waals surface area contributed by atoms with Crippen LogP contribution in [0, 0.1) is 11.6 Å². The van der Waals surface area contributed by atoms with Crippen LogP contribution in [0.1, 0.15) is 10.4 Å². The Morgan fingerprint density at radius 2 is 1.96 bits per heavy atom. The van der Waals surface area contributed by atoms with Crippen LogP contribution in [0.15, 0.2) is 48.7 Å². The number of nitrogens with zero attached hydrogens (tertiary/aromatic N) is 2. The fourth-order valence-corrected chi connectivity index (χ4v) is 2.97. The molecule has 0 aliphatic rings. The van der Waals surface area contributed by atoms with Crippen LogP contribution >= 0.6 is 0 Å². The highest BCUT2D eigenvalue weighted by Gasteiger charge is 2.16. The molecule has 0 saturated carbocycles. The highest BCUT2D eigenvalue weighted by atomic mass is 19.1. The van der Waals surface area contributed by atoms with E-state index >= 15 is 0 Å². The summed E-state index contributed by atoms with van der Waals surface area (Å²) in [5.41, 5.74) is 2.14. The monoisotopic (exact) mass is 365 g/mol. The Hall–Kier alpha value is -3.61. The normalized spacial score (nSPS) is 10.9. The highest BCUT2D eigenvalue weighted by molar-refractivity contribution is 5.95. The molecule has 0 aliphatic carbocycles. The van der Waals surface area contributed by atoms with E-state index in [0.29, 0.717) is 39.9 Å². The lowest BCUT2D eigenvalue weighted by atomic mass is 10.0. The second kappa shape index (κ2) is 6.60. The SMILES string of the molecule is COc1cccc(F)c1-c1cc2c(-c3ccc(C=O)c(F)c3)n[nH]c2cn1. The van der Waals surface area contributed by atoms with Crippen LogP contribution in [0.2, 0.25) is 0 Å². The Morgan fingerprint density at radius 1 is 1.11 bits per heavy atom. The van der Waals surface area contributed by atoms with Gasteiger partial charge in [-0.3, -0.25) is 14.9 Å². The largest absolute Gasteiger partial charge is 0.496 e. The predicted octanol–water partition coefficient (Wildman–Crippen LogP) is 4.39. The first-order valence-corrected chi connectivity index (χ1v) is 8.04. The maximum absolute atomic E-state index is 14.4. The number of carbonyl (C=O) groups is 1. The van der Waals surface area contributed by atoms with Crippen molar-refractivity contribution in [3.8, 4) is 28.3 Å². The Morgan fingerprint density at radius 3 is 2.70 bits per heavy atom. The van der Waals surface area contributed by atoms with E-state index in [1.165, 1.54) is 31.5 Å². The van der Waals surface area contributed by atoms with Crippen LogP contribution < -0.4 is 4.74 Å². The molecule has 0 unspecified atom stereocenters. The third kappa shape index (κ3) is 2.83. The molecule has 134 valence electrons. The van der Waals surface area contributed by atoms with Crippen molar-refractivity contribution >= 4 is 17.2 Å². The van der Waals surface area contributed by atoms with Crippen molar-refractivity contribution in [2.45, 2.75) is 0 Å². The minimum atomic E-state index is -0.635. The van der Waals surface area contributed by atoms with Gasteiger partial charge >= 0.3 is 0 Å². The zero-order chi connectivity index (χ0) is 19.0. The lowest BCUT2D eigenvalue weighted by molar-refractivity contribution is 0.112. The Kier molecular flexibility index (Phi) is 4.12. The van der Waals surface area contributed by atoms with Gasteiger partial charge in [0.1, 0.15) is 23.1 Å². The van der Waals surface area contributed by atoms with Gasteiger partial charge < -0.3 is 4.74 Å². The van der Waals surface area contributed by atoms with Gasteiger partial charge in [-0.1, -0.05) is 12.1 Å². The Balaban J connectivity index is 1.90. The fourth-order valence-electron chi connectivity index (χ4n) is 2.97. The standard InChI is InChI=1S/C20H13F2N3O2/c1-27-18-4-2-3-14(21)19(18)16-8-13-17(9-23-16)24-25-20(13)11-5-6-12(10-26)15(22)7-11/h2-10H,1H3,(H,24,25). The minimum absolute atomic E-state index is 0.0305. The average molecular weight is 365 g/mol. The maximum Gasteiger partial charge on any atom is 0.152 e. The summed E-state index contributed by atoms with van der Waals surface area (Å²) < 4.78 is 33.6.